The third-order valence-electron chi connectivity index (χ3n) is 6.37. The maximum absolute atomic E-state index is 9.45. The van der Waals surface area contributed by atoms with Gasteiger partial charge >= 0.3 is 0 Å². The first-order valence-electron chi connectivity index (χ1n) is 10.2. The van der Waals surface area contributed by atoms with E-state index in [9.17, 15) is 5.11 Å². The molecule has 8 heteroatoms. The predicted octanol–water partition coefficient (Wildman–Crippen LogP) is 3.49. The van der Waals surface area contributed by atoms with Gasteiger partial charge < -0.3 is 9.84 Å². The molecule has 0 amide bonds. The van der Waals surface area contributed by atoms with Gasteiger partial charge in [-0.05, 0) is 39.3 Å². The zero-order valence-corrected chi connectivity index (χ0v) is 18.8. The number of nitrogens with zero attached hydrogens (tertiary/aromatic N) is 5. The fraction of sp³-hybridized carbons (Fsp3) is 0.500. The summed E-state index contributed by atoms with van der Waals surface area (Å²) in [7, 11) is 1.71. The number of methoxy groups -OCH3 is 1. The van der Waals surface area contributed by atoms with Gasteiger partial charge in [0.1, 0.15) is 12.1 Å². The lowest BCUT2D eigenvalue weighted by atomic mass is 9.84. The molecular weight excluding hydrogens is 402 g/mol. The third-order valence-corrected chi connectivity index (χ3v) is 6.76. The molecule has 0 spiro atoms. The van der Waals surface area contributed by atoms with Crippen LogP contribution in [0.15, 0.2) is 18.6 Å². The molecule has 1 N–H and O–H groups in total. The van der Waals surface area contributed by atoms with E-state index in [1.807, 2.05) is 37.7 Å². The number of benzene rings is 1. The molecule has 0 aliphatic carbocycles. The Morgan fingerprint density at radius 3 is 2.67 bits per heavy atom. The van der Waals surface area contributed by atoms with E-state index in [4.69, 9.17) is 16.3 Å². The van der Waals surface area contributed by atoms with Gasteiger partial charge in [-0.2, -0.15) is 5.10 Å². The highest BCUT2D eigenvalue weighted by Gasteiger charge is 2.36. The Balaban J connectivity index is 1.77. The van der Waals surface area contributed by atoms with Gasteiger partial charge in [-0.3, -0.25) is 4.90 Å². The lowest BCUT2D eigenvalue weighted by Crippen LogP contribution is -2.51. The van der Waals surface area contributed by atoms with E-state index in [1.165, 1.54) is 0 Å². The van der Waals surface area contributed by atoms with E-state index in [0.29, 0.717) is 5.92 Å². The van der Waals surface area contributed by atoms with Crippen LogP contribution in [0.2, 0.25) is 5.02 Å². The molecule has 1 saturated heterocycles. The molecule has 3 heterocycles. The van der Waals surface area contributed by atoms with Crippen molar-refractivity contribution in [3.05, 3.63) is 46.0 Å². The Kier molecular flexibility index (Phi) is 5.70. The van der Waals surface area contributed by atoms with E-state index >= 15 is 0 Å². The van der Waals surface area contributed by atoms with Crippen LogP contribution in [0.3, 0.4) is 0 Å². The summed E-state index contributed by atoms with van der Waals surface area (Å²) in [4.78, 5) is 11.0. The summed E-state index contributed by atoms with van der Waals surface area (Å²) in [5.74, 6) is 1.18. The third kappa shape index (κ3) is 3.35. The Labute approximate surface area is 181 Å². The highest BCUT2D eigenvalue weighted by molar-refractivity contribution is 6.31. The Morgan fingerprint density at radius 2 is 2.00 bits per heavy atom. The molecular formula is C22H28ClN5O2. The minimum absolute atomic E-state index is 0.115. The second-order valence-corrected chi connectivity index (χ2v) is 8.57. The summed E-state index contributed by atoms with van der Waals surface area (Å²) in [5.41, 5.74) is 4.88. The van der Waals surface area contributed by atoms with Crippen molar-refractivity contribution in [1.29, 1.82) is 0 Å². The molecule has 1 fully saturated rings. The number of aliphatic hydroxyl groups is 1. The zero-order valence-electron chi connectivity index (χ0n) is 18.1. The monoisotopic (exact) mass is 429 g/mol. The topological polar surface area (TPSA) is 76.3 Å². The second kappa shape index (κ2) is 8.13. The fourth-order valence-electron chi connectivity index (χ4n) is 4.36. The van der Waals surface area contributed by atoms with Crippen LogP contribution < -0.4 is 4.74 Å². The molecule has 0 radical (unpaired) electrons. The number of ether oxygens (including phenoxy) is 1. The minimum Gasteiger partial charge on any atom is -0.496 e. The number of likely N-dealkylation sites (tertiary alicyclic amines) is 1. The Morgan fingerprint density at radius 1 is 1.27 bits per heavy atom. The van der Waals surface area contributed by atoms with Gasteiger partial charge in [0.2, 0.25) is 0 Å². The van der Waals surface area contributed by atoms with Crippen molar-refractivity contribution in [3.8, 4) is 5.75 Å². The summed E-state index contributed by atoms with van der Waals surface area (Å²) < 4.78 is 7.85. The molecule has 2 atom stereocenters. The Hall–Kier alpha value is -2.22. The van der Waals surface area contributed by atoms with Crippen molar-refractivity contribution in [2.75, 3.05) is 26.8 Å². The minimum atomic E-state index is -0.115. The molecule has 3 aromatic rings. The van der Waals surface area contributed by atoms with Gasteiger partial charge in [-0.1, -0.05) is 11.6 Å². The van der Waals surface area contributed by atoms with Crippen LogP contribution in [0.5, 0.6) is 5.75 Å². The number of aryl methyl sites for hydroxylation is 1. The van der Waals surface area contributed by atoms with E-state index in [-0.39, 0.29) is 18.7 Å². The maximum Gasteiger partial charge on any atom is 0.161 e. The van der Waals surface area contributed by atoms with Crippen LogP contribution >= 0.6 is 11.6 Å². The van der Waals surface area contributed by atoms with Crippen molar-refractivity contribution in [2.45, 2.75) is 45.7 Å². The van der Waals surface area contributed by atoms with Gasteiger partial charge in [0.15, 0.2) is 5.65 Å². The smallest absolute Gasteiger partial charge is 0.161 e. The van der Waals surface area contributed by atoms with Crippen molar-refractivity contribution < 1.29 is 9.84 Å². The predicted molar refractivity (Wildman–Crippen MR) is 117 cm³/mol. The van der Waals surface area contributed by atoms with E-state index in [0.717, 1.165) is 57.3 Å². The molecule has 30 heavy (non-hydrogen) atoms. The lowest BCUT2D eigenvalue weighted by molar-refractivity contribution is 0.0619. The summed E-state index contributed by atoms with van der Waals surface area (Å²) >= 11 is 6.68. The van der Waals surface area contributed by atoms with Crippen molar-refractivity contribution in [3.63, 3.8) is 0 Å². The van der Waals surface area contributed by atoms with Crippen molar-refractivity contribution in [1.82, 2.24) is 24.6 Å². The first-order chi connectivity index (χ1) is 14.4. The van der Waals surface area contributed by atoms with Crippen LogP contribution in [-0.4, -0.2) is 62.6 Å². The molecule has 1 aliphatic rings. The summed E-state index contributed by atoms with van der Waals surface area (Å²) in [6.45, 7) is 10.0. The number of halogens is 1. The first-order valence-corrected chi connectivity index (χ1v) is 10.6. The quantitative estimate of drug-likeness (QED) is 0.646. The van der Waals surface area contributed by atoms with Crippen LogP contribution in [-0.2, 0) is 0 Å². The van der Waals surface area contributed by atoms with Gasteiger partial charge in [0.05, 0.1) is 37.0 Å². The first kappa shape index (κ1) is 21.0. The largest absolute Gasteiger partial charge is 0.496 e. The van der Waals surface area contributed by atoms with Gasteiger partial charge in [0, 0.05) is 41.2 Å². The molecule has 0 bridgehead atoms. The number of aliphatic hydroxyl groups excluding tert-OH is 1. The van der Waals surface area contributed by atoms with Gasteiger partial charge in [-0.15, -0.1) is 0 Å². The summed E-state index contributed by atoms with van der Waals surface area (Å²) in [6, 6.07) is 2.03. The summed E-state index contributed by atoms with van der Waals surface area (Å²) in [6.07, 6.45) is 3.38. The van der Waals surface area contributed by atoms with Crippen LogP contribution in [0.4, 0.5) is 0 Å². The highest BCUT2D eigenvalue weighted by atomic mass is 35.5. The van der Waals surface area contributed by atoms with Crippen LogP contribution in [0.1, 0.15) is 48.2 Å². The molecule has 0 saturated carbocycles. The van der Waals surface area contributed by atoms with E-state index in [1.54, 1.807) is 13.4 Å². The molecule has 1 aromatic carbocycles. The van der Waals surface area contributed by atoms with Crippen LogP contribution in [0, 0.1) is 13.8 Å². The molecule has 1 aliphatic heterocycles. The van der Waals surface area contributed by atoms with Gasteiger partial charge in [-0.25, -0.2) is 14.6 Å². The molecule has 160 valence electrons. The number of aromatic nitrogens is 4. The number of hydrogen-bond acceptors (Lipinski definition) is 6. The SMILES string of the molecule is COc1c([C@H](C)n2ncc3c(C)ncnc32)cc(Cl)c(C)c1C1CN([C@H](C)CO)C1. The Bertz CT molecular complexity index is 1080. The molecule has 2 aromatic heterocycles. The zero-order chi connectivity index (χ0) is 21.6. The van der Waals surface area contributed by atoms with Crippen molar-refractivity contribution >= 4 is 22.6 Å². The molecule has 4 rings (SSSR count). The summed E-state index contributed by atoms with van der Waals surface area (Å²) in [5, 5.41) is 15.7. The molecule has 0 unspecified atom stereocenters. The van der Waals surface area contributed by atoms with E-state index in [2.05, 4.69) is 26.9 Å². The average Bonchev–Trinajstić information content (AvgIpc) is 3.14. The number of rotatable bonds is 6. The molecule has 7 nitrogen and oxygen atoms in total. The van der Waals surface area contributed by atoms with Gasteiger partial charge in [0.25, 0.3) is 0 Å². The normalized spacial score (nSPS) is 17.2. The maximum atomic E-state index is 9.45. The highest BCUT2D eigenvalue weighted by Crippen LogP contribution is 2.44. The van der Waals surface area contributed by atoms with Crippen molar-refractivity contribution in [2.24, 2.45) is 0 Å². The number of fused-ring (bicyclic) bond motifs is 1. The lowest BCUT2D eigenvalue weighted by Gasteiger charge is -2.44. The average molecular weight is 430 g/mol. The van der Waals surface area contributed by atoms with Crippen LogP contribution in [0.25, 0.3) is 11.0 Å². The fourth-order valence-corrected chi connectivity index (χ4v) is 4.58. The standard InChI is InChI=1S/C22H28ClN5O2/c1-12(10-29)27-8-16(9-27)20-13(2)19(23)6-17(21(20)30-5)15(4)28-22-18(7-26-28)14(3)24-11-25-22/h6-7,11-12,15-16,29H,8-10H2,1-5H3/t12-,15+/m1/s1. The van der Waals surface area contributed by atoms with E-state index < -0.39 is 0 Å². The second-order valence-electron chi connectivity index (χ2n) is 8.16. The number of hydrogen-bond donors (Lipinski definition) is 1.